The third-order valence-corrected chi connectivity index (χ3v) is 3.01. The van der Waals surface area contributed by atoms with Gasteiger partial charge in [0.25, 0.3) is 0 Å². The second kappa shape index (κ2) is 6.40. The molecule has 2 rings (SSSR count). The molecule has 0 bridgehead atoms. The Hall–Kier alpha value is -1.55. The minimum absolute atomic E-state index is 0.637. The molecular formula is C14H15BrN2O. The first-order valence-corrected chi connectivity index (χ1v) is 6.55. The van der Waals surface area contributed by atoms with Crippen LogP contribution in [-0.2, 0) is 0 Å². The molecule has 2 aromatic rings. The molecule has 0 saturated heterocycles. The normalized spacial score (nSPS) is 10.1. The van der Waals surface area contributed by atoms with E-state index in [0.717, 1.165) is 22.6 Å². The maximum absolute atomic E-state index is 5.64. The zero-order chi connectivity index (χ0) is 12.8. The van der Waals surface area contributed by atoms with Crippen LogP contribution in [0.1, 0.15) is 0 Å². The Morgan fingerprint density at radius 3 is 2.61 bits per heavy atom. The highest BCUT2D eigenvalue weighted by Crippen LogP contribution is 2.13. The quantitative estimate of drug-likeness (QED) is 0.847. The van der Waals surface area contributed by atoms with E-state index in [2.05, 4.69) is 25.8 Å². The molecule has 3 nitrogen and oxygen atoms in total. The predicted octanol–water partition coefficient (Wildman–Crippen LogP) is 3.36. The Morgan fingerprint density at radius 1 is 1.17 bits per heavy atom. The van der Waals surface area contributed by atoms with E-state index >= 15 is 0 Å². The minimum Gasteiger partial charge on any atom is -0.492 e. The van der Waals surface area contributed by atoms with Gasteiger partial charge in [-0.15, -0.1) is 0 Å². The summed E-state index contributed by atoms with van der Waals surface area (Å²) in [6.07, 6.45) is 1.80. The van der Waals surface area contributed by atoms with Gasteiger partial charge in [0.2, 0.25) is 0 Å². The van der Waals surface area contributed by atoms with Crippen LogP contribution < -0.4 is 9.64 Å². The van der Waals surface area contributed by atoms with Crippen molar-refractivity contribution < 1.29 is 4.74 Å². The topological polar surface area (TPSA) is 25.4 Å². The number of anilines is 1. The lowest BCUT2D eigenvalue weighted by molar-refractivity contribution is 0.325. The van der Waals surface area contributed by atoms with E-state index < -0.39 is 0 Å². The second-order valence-electron chi connectivity index (χ2n) is 3.92. The molecule has 4 heteroatoms. The lowest BCUT2D eigenvalue weighted by Gasteiger charge is -2.18. The first-order valence-electron chi connectivity index (χ1n) is 5.76. The van der Waals surface area contributed by atoms with Gasteiger partial charge in [-0.1, -0.05) is 18.2 Å². The molecule has 0 atom stereocenters. The van der Waals surface area contributed by atoms with Crippen LogP contribution >= 0.6 is 15.9 Å². The van der Waals surface area contributed by atoms with E-state index in [0.29, 0.717) is 6.61 Å². The molecule has 0 radical (unpaired) electrons. The lowest BCUT2D eigenvalue weighted by atomic mass is 10.3. The summed E-state index contributed by atoms with van der Waals surface area (Å²) in [5, 5.41) is 0. The monoisotopic (exact) mass is 306 g/mol. The summed E-state index contributed by atoms with van der Waals surface area (Å²) in [6, 6.07) is 13.8. The summed E-state index contributed by atoms with van der Waals surface area (Å²) in [5.41, 5.74) is 0. The van der Waals surface area contributed by atoms with Crippen LogP contribution in [0.5, 0.6) is 5.75 Å². The van der Waals surface area contributed by atoms with Gasteiger partial charge >= 0.3 is 0 Å². The van der Waals surface area contributed by atoms with Crippen molar-refractivity contribution in [2.45, 2.75) is 0 Å². The molecule has 0 saturated carbocycles. The molecule has 0 aliphatic heterocycles. The van der Waals surface area contributed by atoms with E-state index in [-0.39, 0.29) is 0 Å². The van der Waals surface area contributed by atoms with E-state index in [1.54, 1.807) is 6.20 Å². The molecule has 0 fully saturated rings. The summed E-state index contributed by atoms with van der Waals surface area (Å²) in [7, 11) is 2.00. The van der Waals surface area contributed by atoms with Crippen molar-refractivity contribution in [3.8, 4) is 5.75 Å². The number of hydrogen-bond acceptors (Lipinski definition) is 3. The lowest BCUT2D eigenvalue weighted by Crippen LogP contribution is -2.24. The van der Waals surface area contributed by atoms with Crippen molar-refractivity contribution in [1.82, 2.24) is 4.98 Å². The summed E-state index contributed by atoms with van der Waals surface area (Å²) in [5.74, 6) is 1.84. The third kappa shape index (κ3) is 3.74. The van der Waals surface area contributed by atoms with Gasteiger partial charge in [-0.2, -0.15) is 0 Å². The van der Waals surface area contributed by atoms with Gasteiger partial charge in [0.1, 0.15) is 18.2 Å². The third-order valence-electron chi connectivity index (χ3n) is 2.54. The van der Waals surface area contributed by atoms with Crippen molar-refractivity contribution in [1.29, 1.82) is 0 Å². The van der Waals surface area contributed by atoms with E-state index in [4.69, 9.17) is 4.74 Å². The van der Waals surface area contributed by atoms with Crippen molar-refractivity contribution in [2.24, 2.45) is 0 Å². The van der Waals surface area contributed by atoms with Crippen LogP contribution in [-0.4, -0.2) is 25.2 Å². The van der Waals surface area contributed by atoms with Crippen molar-refractivity contribution >= 4 is 21.7 Å². The molecule has 0 N–H and O–H groups in total. The van der Waals surface area contributed by atoms with Crippen LogP contribution in [0, 0.1) is 0 Å². The molecule has 18 heavy (non-hydrogen) atoms. The number of para-hydroxylation sites is 1. The first kappa shape index (κ1) is 12.9. The molecule has 0 amide bonds. The average molecular weight is 307 g/mol. The fourth-order valence-electron chi connectivity index (χ4n) is 1.53. The van der Waals surface area contributed by atoms with E-state index in [1.165, 1.54) is 0 Å². The van der Waals surface area contributed by atoms with Crippen molar-refractivity contribution in [2.75, 3.05) is 25.1 Å². The van der Waals surface area contributed by atoms with Crippen LogP contribution in [0.3, 0.4) is 0 Å². The number of aromatic nitrogens is 1. The number of likely N-dealkylation sites (N-methyl/N-ethyl adjacent to an activating group) is 1. The first-order chi connectivity index (χ1) is 8.75. The largest absolute Gasteiger partial charge is 0.492 e. The molecule has 1 aromatic carbocycles. The molecule has 1 heterocycles. The molecule has 0 aliphatic rings. The highest BCUT2D eigenvalue weighted by Gasteiger charge is 2.02. The maximum atomic E-state index is 5.64. The van der Waals surface area contributed by atoms with Crippen molar-refractivity contribution in [3.05, 3.63) is 53.1 Å². The summed E-state index contributed by atoms with van der Waals surface area (Å²) in [4.78, 5) is 6.39. The summed E-state index contributed by atoms with van der Waals surface area (Å²) < 4.78 is 6.63. The van der Waals surface area contributed by atoms with Gasteiger partial charge in [-0.25, -0.2) is 4.98 Å². The molecule has 1 aromatic heterocycles. The second-order valence-corrected chi connectivity index (χ2v) is 4.83. The Labute approximate surface area is 116 Å². The Morgan fingerprint density at radius 2 is 1.94 bits per heavy atom. The Kier molecular flexibility index (Phi) is 4.59. The van der Waals surface area contributed by atoms with Crippen molar-refractivity contribution in [3.63, 3.8) is 0 Å². The van der Waals surface area contributed by atoms with Gasteiger partial charge < -0.3 is 9.64 Å². The summed E-state index contributed by atoms with van der Waals surface area (Å²) >= 11 is 3.37. The highest BCUT2D eigenvalue weighted by molar-refractivity contribution is 9.10. The fourth-order valence-corrected chi connectivity index (χ4v) is 1.76. The smallest absolute Gasteiger partial charge is 0.128 e. The number of nitrogens with zero attached hydrogens (tertiary/aromatic N) is 2. The number of rotatable bonds is 5. The standard InChI is InChI=1S/C14H15BrN2O/c1-17(14-8-7-12(15)11-16-14)9-10-18-13-5-3-2-4-6-13/h2-8,11H,9-10H2,1H3. The number of pyridine rings is 1. The zero-order valence-corrected chi connectivity index (χ0v) is 11.8. The van der Waals surface area contributed by atoms with E-state index in [9.17, 15) is 0 Å². The number of hydrogen-bond donors (Lipinski definition) is 0. The highest BCUT2D eigenvalue weighted by atomic mass is 79.9. The van der Waals surface area contributed by atoms with Crippen LogP contribution in [0.15, 0.2) is 53.1 Å². The molecule has 0 spiro atoms. The molecule has 0 aliphatic carbocycles. The Balaban J connectivity index is 1.81. The average Bonchev–Trinajstić information content (AvgIpc) is 2.40. The SMILES string of the molecule is CN(CCOc1ccccc1)c1ccc(Br)cn1. The van der Waals surface area contributed by atoms with Gasteiger partial charge in [-0.05, 0) is 40.2 Å². The fraction of sp³-hybridized carbons (Fsp3) is 0.214. The number of halogens is 1. The minimum atomic E-state index is 0.637. The summed E-state index contributed by atoms with van der Waals surface area (Å²) in [6.45, 7) is 1.43. The van der Waals surface area contributed by atoms with E-state index in [1.807, 2.05) is 49.5 Å². The van der Waals surface area contributed by atoms with Gasteiger partial charge in [0, 0.05) is 17.7 Å². The van der Waals surface area contributed by atoms with Crippen LogP contribution in [0.4, 0.5) is 5.82 Å². The number of ether oxygens (including phenoxy) is 1. The van der Waals surface area contributed by atoms with Gasteiger partial charge in [-0.3, -0.25) is 0 Å². The maximum Gasteiger partial charge on any atom is 0.128 e. The van der Waals surface area contributed by atoms with Crippen LogP contribution in [0.25, 0.3) is 0 Å². The zero-order valence-electron chi connectivity index (χ0n) is 10.2. The van der Waals surface area contributed by atoms with Gasteiger partial charge in [0.05, 0.1) is 6.54 Å². The Bertz CT molecular complexity index is 473. The number of benzene rings is 1. The molecule has 0 unspecified atom stereocenters. The predicted molar refractivity (Wildman–Crippen MR) is 77.1 cm³/mol. The molecular weight excluding hydrogens is 292 g/mol. The molecule has 94 valence electrons. The van der Waals surface area contributed by atoms with Gasteiger partial charge in [0.15, 0.2) is 0 Å². The van der Waals surface area contributed by atoms with Crippen LogP contribution in [0.2, 0.25) is 0 Å².